The fourth-order valence-electron chi connectivity index (χ4n) is 0.534. The first-order valence-electron chi connectivity index (χ1n) is 11.2. The van der Waals surface area contributed by atoms with E-state index in [0.29, 0.717) is 5.41 Å². The van der Waals surface area contributed by atoms with E-state index in [0.717, 1.165) is 20.9 Å². The van der Waals surface area contributed by atoms with Crippen LogP contribution < -0.4 is 0 Å². The zero-order valence-corrected chi connectivity index (χ0v) is 24.9. The number of benzene rings is 1. The Labute approximate surface area is 206 Å². The van der Waals surface area contributed by atoms with Crippen LogP contribution in [0.25, 0.3) is 0 Å². The second kappa shape index (κ2) is 47.7. The van der Waals surface area contributed by atoms with Crippen LogP contribution in [-0.4, -0.2) is 32.1 Å². The average Bonchev–Trinajstić information content (AvgIpc) is 2.65. The van der Waals surface area contributed by atoms with Gasteiger partial charge in [0.05, 0.1) is 0 Å². The molecule has 0 aliphatic carbocycles. The van der Waals surface area contributed by atoms with Crippen molar-refractivity contribution in [1.29, 1.82) is 0 Å². The van der Waals surface area contributed by atoms with E-state index in [1.807, 2.05) is 59.7 Å². The molecule has 0 unspecified atom stereocenters. The van der Waals surface area contributed by atoms with Crippen molar-refractivity contribution in [1.82, 2.24) is 0 Å². The summed E-state index contributed by atoms with van der Waals surface area (Å²) in [6, 6.07) is 10.3. The number of alkyl halides is 2. The first kappa shape index (κ1) is 52.7. The van der Waals surface area contributed by atoms with E-state index in [9.17, 15) is 8.78 Å². The first-order chi connectivity index (χ1) is 15.0. The Morgan fingerprint density at radius 3 is 1.06 bits per heavy atom. The van der Waals surface area contributed by atoms with Gasteiger partial charge in [-0.05, 0) is 33.1 Å². The van der Waals surface area contributed by atoms with E-state index >= 15 is 0 Å². The number of ether oxygens (including phenoxy) is 1. The van der Waals surface area contributed by atoms with E-state index in [1.165, 1.54) is 5.56 Å². The second-order valence-corrected chi connectivity index (χ2v) is 7.12. The summed E-state index contributed by atoms with van der Waals surface area (Å²) in [5.41, 5.74) is 1.82. The minimum atomic E-state index is -2.50. The van der Waals surface area contributed by atoms with Crippen LogP contribution in [0.1, 0.15) is 95.6 Å². The molecule has 33 heavy (non-hydrogen) atoms. The maximum absolute atomic E-state index is 11.0. The van der Waals surface area contributed by atoms with Gasteiger partial charge in [0.25, 0.3) is 0 Å². The van der Waals surface area contributed by atoms with Gasteiger partial charge in [0.1, 0.15) is 0 Å². The summed E-state index contributed by atoms with van der Waals surface area (Å²) in [5.74, 6) is -0.250. The third-order valence-electron chi connectivity index (χ3n) is 0.940. The minimum absolute atomic E-state index is 0.500. The van der Waals surface area contributed by atoms with Crippen LogP contribution in [-0.2, 0) is 4.74 Å². The van der Waals surface area contributed by atoms with Gasteiger partial charge >= 0.3 is 0 Å². The zero-order valence-electron chi connectivity index (χ0n) is 24.9. The van der Waals surface area contributed by atoms with Gasteiger partial charge in [0.15, 0.2) is 7.05 Å². The molecule has 0 N–H and O–H groups in total. The molecule has 1 aromatic rings. The van der Waals surface area contributed by atoms with Gasteiger partial charge < -0.3 is 4.74 Å². The standard InChI is InChI=1S/C7H8.C5H12.C3H6F2.C3H4.C2H6O.3C2H6.CH3NO2/c1-7-5-3-2-4-6-7;1-5(2,3)4;1-3(2,4)5;2*1-3-2;3*1-2;1-2(3)4/h2-6H,1H3;1-4H3;1-2H3;1H,2H3;1-2H3;3*1-2H3;1H3. The van der Waals surface area contributed by atoms with Gasteiger partial charge in [-0.2, -0.15) is 0 Å². The largest absolute Gasteiger partial charge is 0.388 e. The van der Waals surface area contributed by atoms with E-state index < -0.39 is 10.8 Å². The molecule has 0 aliphatic rings. The van der Waals surface area contributed by atoms with Crippen LogP contribution in [0.5, 0.6) is 0 Å². The van der Waals surface area contributed by atoms with Crippen molar-refractivity contribution in [3.05, 3.63) is 46.0 Å². The number of nitro groups is 1. The van der Waals surface area contributed by atoms with Crippen LogP contribution in [0.4, 0.5) is 8.78 Å². The Balaban J connectivity index is -0.0000000370. The van der Waals surface area contributed by atoms with E-state index in [2.05, 4.69) is 63.8 Å². The molecule has 0 spiro atoms. The summed E-state index contributed by atoms with van der Waals surface area (Å²) < 4.78 is 26.3. The zero-order chi connectivity index (χ0) is 29.1. The first-order valence-corrected chi connectivity index (χ1v) is 11.2. The lowest BCUT2D eigenvalue weighted by molar-refractivity contribution is -0.445. The molecule has 0 radical (unpaired) electrons. The van der Waals surface area contributed by atoms with Crippen molar-refractivity contribution in [2.75, 3.05) is 21.3 Å². The number of rotatable bonds is 0. The Kier molecular flexibility index (Phi) is 76.2. The SMILES string of the molecule is C#CC.CC.CC.CC.CC(C)(C)C.CC(C)(F)F.COC.C[N+](=O)[O-].Cc1ccccc1. The van der Waals surface area contributed by atoms with Crippen LogP contribution in [0.15, 0.2) is 30.3 Å². The quantitative estimate of drug-likeness (QED) is 0.210. The van der Waals surface area contributed by atoms with Gasteiger partial charge in [-0.1, -0.05) is 105 Å². The highest BCUT2D eigenvalue weighted by molar-refractivity contribution is 5.11. The Morgan fingerprint density at radius 1 is 0.879 bits per heavy atom. The molecule has 0 saturated heterocycles. The van der Waals surface area contributed by atoms with Crippen LogP contribution in [0.3, 0.4) is 0 Å². The highest BCUT2D eigenvalue weighted by Gasteiger charge is 2.08. The van der Waals surface area contributed by atoms with Crippen molar-refractivity contribution in [3.8, 4) is 12.3 Å². The van der Waals surface area contributed by atoms with Gasteiger partial charge in [0.2, 0.25) is 5.92 Å². The smallest absolute Gasteiger partial charge is 0.242 e. The summed E-state index contributed by atoms with van der Waals surface area (Å²) in [6.07, 6.45) is 4.60. The third-order valence-corrected chi connectivity index (χ3v) is 0.940. The lowest BCUT2D eigenvalue weighted by atomic mass is 10.0. The Hall–Kier alpha value is -2.00. The molecule has 0 saturated carbocycles. The van der Waals surface area contributed by atoms with Gasteiger partial charge in [0, 0.05) is 19.1 Å². The molecule has 0 amide bonds. The molecular formula is C27H57F2NO3. The number of terminal acetylenes is 1. The van der Waals surface area contributed by atoms with Crippen LogP contribution >= 0.6 is 0 Å². The molecule has 0 aliphatic heterocycles. The third kappa shape index (κ3) is 653. The van der Waals surface area contributed by atoms with Crippen LogP contribution in [0, 0.1) is 34.8 Å². The Morgan fingerprint density at radius 2 is 1.00 bits per heavy atom. The van der Waals surface area contributed by atoms with E-state index in [-0.39, 0.29) is 0 Å². The van der Waals surface area contributed by atoms with Crippen molar-refractivity contribution < 1.29 is 18.4 Å². The van der Waals surface area contributed by atoms with Gasteiger partial charge in [-0.15, -0.1) is 12.3 Å². The number of hydrogen-bond acceptors (Lipinski definition) is 3. The number of hydrogen-bond donors (Lipinski definition) is 0. The summed E-state index contributed by atoms with van der Waals surface area (Å²) in [5, 5.41) is 8.81. The fraction of sp³-hybridized carbons (Fsp3) is 0.704. The maximum Gasteiger partial charge on any atom is 0.242 e. The normalized spacial score (nSPS) is 7.58. The van der Waals surface area contributed by atoms with Gasteiger partial charge in [-0.3, -0.25) is 10.1 Å². The molecule has 1 aromatic carbocycles. The van der Waals surface area contributed by atoms with Gasteiger partial charge in [-0.25, -0.2) is 8.78 Å². The minimum Gasteiger partial charge on any atom is -0.388 e. The summed E-state index contributed by atoms with van der Waals surface area (Å²) in [7, 11) is 4.14. The van der Waals surface area contributed by atoms with Crippen LogP contribution in [0.2, 0.25) is 0 Å². The van der Waals surface area contributed by atoms with Crippen molar-refractivity contribution in [2.24, 2.45) is 5.41 Å². The molecule has 6 heteroatoms. The maximum atomic E-state index is 11.0. The van der Waals surface area contributed by atoms with E-state index in [4.69, 9.17) is 10.1 Å². The molecule has 0 aromatic heterocycles. The van der Waals surface area contributed by atoms with Crippen molar-refractivity contribution in [3.63, 3.8) is 0 Å². The number of methoxy groups -OCH3 is 1. The second-order valence-electron chi connectivity index (χ2n) is 7.12. The lowest BCUT2D eigenvalue weighted by Crippen LogP contribution is -1.98. The molecule has 0 heterocycles. The molecule has 0 fully saturated rings. The molecule has 1 rings (SSSR count). The van der Waals surface area contributed by atoms with Crippen molar-refractivity contribution >= 4 is 0 Å². The number of aryl methyl sites for hydroxylation is 1. The predicted molar refractivity (Wildman–Crippen MR) is 147 cm³/mol. The highest BCUT2D eigenvalue weighted by atomic mass is 19.3. The summed E-state index contributed by atoms with van der Waals surface area (Å²) >= 11 is 0. The fourth-order valence-corrected chi connectivity index (χ4v) is 0.534. The summed E-state index contributed by atoms with van der Waals surface area (Å²) in [4.78, 5) is 8.31. The number of nitrogens with zero attached hydrogens (tertiary/aromatic N) is 1. The molecule has 4 nitrogen and oxygen atoms in total. The van der Waals surface area contributed by atoms with E-state index in [1.54, 1.807) is 21.1 Å². The monoisotopic (exact) mass is 481 g/mol. The molecule has 202 valence electrons. The molecular weight excluding hydrogens is 424 g/mol. The number of halogens is 2. The summed E-state index contributed by atoms with van der Waals surface area (Å²) in [6.45, 7) is 26.2. The predicted octanol–water partition coefficient (Wildman–Crippen LogP) is 9.58. The highest BCUT2D eigenvalue weighted by Crippen LogP contribution is 2.08. The average molecular weight is 482 g/mol. The Bertz CT molecular complexity index is 419. The lowest BCUT2D eigenvalue weighted by Gasteiger charge is -2.05. The molecule has 0 atom stereocenters. The van der Waals surface area contributed by atoms with Crippen molar-refractivity contribution in [2.45, 2.75) is 103 Å². The topological polar surface area (TPSA) is 52.4 Å². The molecule has 0 bridgehead atoms.